The van der Waals surface area contributed by atoms with E-state index in [9.17, 15) is 24.6 Å². The van der Waals surface area contributed by atoms with Crippen LogP contribution >= 0.6 is 23.1 Å². The molecule has 1 N–H and O–H groups in total. The van der Waals surface area contributed by atoms with Gasteiger partial charge in [0.15, 0.2) is 0 Å². The number of rotatable bonds is 5. The average Bonchev–Trinajstić information content (AvgIpc) is 3.12. The number of non-ortho nitro benzene ring substituents is 1. The van der Waals surface area contributed by atoms with Gasteiger partial charge in [-0.05, 0) is 49.4 Å². The Kier molecular flexibility index (Phi) is 6.02. The van der Waals surface area contributed by atoms with E-state index in [-0.39, 0.29) is 11.3 Å². The quantitative estimate of drug-likeness (QED) is 0.380. The number of nitro groups is 1. The summed E-state index contributed by atoms with van der Waals surface area (Å²) in [5.41, 5.74) is 1.25. The van der Waals surface area contributed by atoms with Crippen molar-refractivity contribution >= 4 is 39.7 Å². The predicted molar refractivity (Wildman–Crippen MR) is 117 cm³/mol. The Hall–Kier alpha value is -3.22. The summed E-state index contributed by atoms with van der Waals surface area (Å²) >= 11 is 2.39. The van der Waals surface area contributed by atoms with Crippen LogP contribution < -0.4 is 5.32 Å². The van der Waals surface area contributed by atoms with E-state index in [0.29, 0.717) is 20.4 Å². The summed E-state index contributed by atoms with van der Waals surface area (Å²) in [4.78, 5) is 25.6. The summed E-state index contributed by atoms with van der Waals surface area (Å²) < 4.78 is 14.1. The lowest BCUT2D eigenvalue weighted by molar-refractivity contribution is -0.384. The molecule has 4 rings (SSSR count). The summed E-state index contributed by atoms with van der Waals surface area (Å²) in [6.07, 6.45) is 3.71. The van der Waals surface area contributed by atoms with Crippen LogP contribution in [0.1, 0.15) is 39.2 Å². The molecule has 6 nitrogen and oxygen atoms in total. The van der Waals surface area contributed by atoms with E-state index in [1.54, 1.807) is 18.2 Å². The Morgan fingerprint density at radius 3 is 2.71 bits per heavy atom. The average molecular weight is 454 g/mol. The van der Waals surface area contributed by atoms with Gasteiger partial charge in [-0.15, -0.1) is 11.3 Å². The van der Waals surface area contributed by atoms with E-state index >= 15 is 0 Å². The Bertz CT molecular complexity index is 1230. The fourth-order valence-electron chi connectivity index (χ4n) is 3.49. The minimum absolute atomic E-state index is 0.0534. The van der Waals surface area contributed by atoms with Crippen molar-refractivity contribution in [3.63, 3.8) is 0 Å². The van der Waals surface area contributed by atoms with E-state index in [1.165, 1.54) is 35.6 Å². The van der Waals surface area contributed by atoms with Crippen LogP contribution in [0.5, 0.6) is 0 Å². The van der Waals surface area contributed by atoms with Gasteiger partial charge in [0.2, 0.25) is 0 Å². The minimum atomic E-state index is -0.584. The zero-order valence-corrected chi connectivity index (χ0v) is 17.8. The van der Waals surface area contributed by atoms with Crippen molar-refractivity contribution in [3.8, 4) is 6.07 Å². The van der Waals surface area contributed by atoms with Gasteiger partial charge in [0.05, 0.1) is 16.1 Å². The van der Waals surface area contributed by atoms with Crippen molar-refractivity contribution in [1.29, 1.82) is 5.26 Å². The summed E-state index contributed by atoms with van der Waals surface area (Å²) in [6, 6.07) is 12.2. The standard InChI is InChI=1S/C22H16FN3O3S2/c23-17-6-2-4-8-20(17)30-19-10-9-13(26(28)29)11-15(19)21(27)25-22-16(12-24)14-5-1-3-7-18(14)31-22/h2,4,6,8-11H,1,3,5,7H2,(H,25,27). The smallest absolute Gasteiger partial charge is 0.270 e. The van der Waals surface area contributed by atoms with Crippen LogP contribution in [0.25, 0.3) is 0 Å². The van der Waals surface area contributed by atoms with Crippen molar-refractivity contribution in [2.75, 3.05) is 5.32 Å². The lowest BCUT2D eigenvalue weighted by Gasteiger charge is -2.10. The van der Waals surface area contributed by atoms with Crippen molar-refractivity contribution in [2.45, 2.75) is 35.5 Å². The third-order valence-electron chi connectivity index (χ3n) is 4.99. The molecule has 0 radical (unpaired) electrons. The van der Waals surface area contributed by atoms with Gasteiger partial charge in [0.25, 0.3) is 11.6 Å². The molecule has 0 atom stereocenters. The number of nitrogens with zero attached hydrogens (tertiary/aromatic N) is 2. The fraction of sp³-hybridized carbons (Fsp3) is 0.182. The molecule has 9 heteroatoms. The van der Waals surface area contributed by atoms with Gasteiger partial charge >= 0.3 is 0 Å². The number of nitriles is 1. The van der Waals surface area contributed by atoms with Crippen LogP contribution in [-0.2, 0) is 12.8 Å². The van der Waals surface area contributed by atoms with Crippen LogP contribution in [0.3, 0.4) is 0 Å². The number of anilines is 1. The van der Waals surface area contributed by atoms with Gasteiger partial charge in [0, 0.05) is 26.8 Å². The van der Waals surface area contributed by atoms with Crippen molar-refractivity contribution in [1.82, 2.24) is 0 Å². The zero-order chi connectivity index (χ0) is 22.0. The second kappa shape index (κ2) is 8.88. The van der Waals surface area contributed by atoms with Crippen LogP contribution in [0, 0.1) is 27.3 Å². The van der Waals surface area contributed by atoms with Gasteiger partial charge in [-0.3, -0.25) is 14.9 Å². The highest BCUT2D eigenvalue weighted by Crippen LogP contribution is 2.39. The summed E-state index contributed by atoms with van der Waals surface area (Å²) in [5.74, 6) is -1.02. The van der Waals surface area contributed by atoms with Crippen LogP contribution in [0.15, 0.2) is 52.3 Å². The number of benzene rings is 2. The van der Waals surface area contributed by atoms with Gasteiger partial charge in [-0.2, -0.15) is 5.26 Å². The van der Waals surface area contributed by atoms with Crippen LogP contribution in [-0.4, -0.2) is 10.8 Å². The third kappa shape index (κ3) is 4.31. The largest absolute Gasteiger partial charge is 0.312 e. The molecule has 2 aromatic carbocycles. The van der Waals surface area contributed by atoms with Crippen molar-refractivity contribution < 1.29 is 14.1 Å². The highest BCUT2D eigenvalue weighted by atomic mass is 32.2. The molecule has 156 valence electrons. The summed E-state index contributed by atoms with van der Waals surface area (Å²) in [5, 5.41) is 24.1. The number of fused-ring (bicyclic) bond motifs is 1. The number of aryl methyl sites for hydroxylation is 1. The fourth-order valence-corrected chi connectivity index (χ4v) is 5.67. The van der Waals surface area contributed by atoms with Crippen molar-refractivity contribution in [2.24, 2.45) is 0 Å². The maximum Gasteiger partial charge on any atom is 0.270 e. The minimum Gasteiger partial charge on any atom is -0.312 e. The van der Waals surface area contributed by atoms with E-state index in [4.69, 9.17) is 0 Å². The zero-order valence-electron chi connectivity index (χ0n) is 16.2. The maximum absolute atomic E-state index is 14.1. The number of hydrogen-bond donors (Lipinski definition) is 1. The lowest BCUT2D eigenvalue weighted by atomic mass is 9.96. The van der Waals surface area contributed by atoms with Gasteiger partial charge in [0.1, 0.15) is 16.9 Å². The molecular weight excluding hydrogens is 437 g/mol. The molecule has 0 fully saturated rings. The molecule has 1 aliphatic rings. The van der Waals surface area contributed by atoms with Gasteiger partial charge in [-0.25, -0.2) is 4.39 Å². The first-order valence-electron chi connectivity index (χ1n) is 9.54. The molecular formula is C22H16FN3O3S2. The predicted octanol–water partition coefficient (Wildman–Crippen LogP) is 5.95. The first-order valence-corrected chi connectivity index (χ1v) is 11.2. The first kappa shape index (κ1) is 21.0. The van der Waals surface area contributed by atoms with Crippen molar-refractivity contribution in [3.05, 3.63) is 80.0 Å². The Labute approximate surface area is 185 Å². The third-order valence-corrected chi connectivity index (χ3v) is 7.32. The van der Waals surface area contributed by atoms with E-state index in [1.807, 2.05) is 0 Å². The molecule has 0 bridgehead atoms. The maximum atomic E-state index is 14.1. The van der Waals surface area contributed by atoms with Crippen LogP contribution in [0.2, 0.25) is 0 Å². The van der Waals surface area contributed by atoms with E-state index < -0.39 is 16.6 Å². The number of amides is 1. The van der Waals surface area contributed by atoms with E-state index in [2.05, 4.69) is 11.4 Å². The molecule has 0 aliphatic heterocycles. The summed E-state index contributed by atoms with van der Waals surface area (Å²) in [7, 11) is 0. The molecule has 31 heavy (non-hydrogen) atoms. The molecule has 0 unspecified atom stereocenters. The second-order valence-electron chi connectivity index (χ2n) is 6.95. The molecule has 3 aromatic rings. The normalized spacial score (nSPS) is 12.6. The topological polar surface area (TPSA) is 96.0 Å². The molecule has 0 spiro atoms. The Morgan fingerprint density at radius 1 is 1.19 bits per heavy atom. The SMILES string of the molecule is N#Cc1c(NC(=O)c2cc([N+](=O)[O-])ccc2Sc2ccccc2F)sc2c1CCCC2. The highest BCUT2D eigenvalue weighted by molar-refractivity contribution is 7.99. The second-order valence-corrected chi connectivity index (χ2v) is 9.14. The summed E-state index contributed by atoms with van der Waals surface area (Å²) in [6.45, 7) is 0. The molecule has 1 amide bonds. The number of halogens is 1. The molecule has 0 saturated heterocycles. The number of thiophene rings is 1. The number of nitrogens with one attached hydrogen (secondary N) is 1. The number of carbonyl (C=O) groups is 1. The number of nitro benzene ring substituents is 1. The highest BCUT2D eigenvalue weighted by Gasteiger charge is 2.24. The number of carbonyl (C=O) groups excluding carboxylic acids is 1. The number of hydrogen-bond acceptors (Lipinski definition) is 6. The Morgan fingerprint density at radius 2 is 1.97 bits per heavy atom. The molecule has 1 aromatic heterocycles. The van der Waals surface area contributed by atoms with E-state index in [0.717, 1.165) is 47.9 Å². The molecule has 1 aliphatic carbocycles. The first-order chi connectivity index (χ1) is 15.0. The monoisotopic (exact) mass is 453 g/mol. The Balaban J connectivity index is 1.71. The molecule has 0 saturated carbocycles. The van der Waals surface area contributed by atoms with Gasteiger partial charge in [-0.1, -0.05) is 23.9 Å². The molecule has 1 heterocycles. The van der Waals surface area contributed by atoms with Crippen LogP contribution in [0.4, 0.5) is 15.1 Å². The lowest BCUT2D eigenvalue weighted by Crippen LogP contribution is -2.13. The van der Waals surface area contributed by atoms with Gasteiger partial charge < -0.3 is 5.32 Å².